The Morgan fingerprint density at radius 1 is 1.15 bits per heavy atom. The summed E-state index contributed by atoms with van der Waals surface area (Å²) in [5, 5.41) is 9.83. The Labute approximate surface area is 160 Å². The Hall–Kier alpha value is -3.32. The third-order valence-electron chi connectivity index (χ3n) is 4.07. The molecule has 0 fully saturated rings. The van der Waals surface area contributed by atoms with Crippen molar-refractivity contribution in [3.05, 3.63) is 83.9 Å². The number of hydrogen-bond donors (Lipinski definition) is 1. The second-order valence-corrected chi connectivity index (χ2v) is 6.85. The molecule has 7 heteroatoms. The van der Waals surface area contributed by atoms with Gasteiger partial charge in [-0.3, -0.25) is 9.78 Å². The predicted molar refractivity (Wildman–Crippen MR) is 105 cm³/mol. The van der Waals surface area contributed by atoms with E-state index in [2.05, 4.69) is 20.4 Å². The van der Waals surface area contributed by atoms with Gasteiger partial charge >= 0.3 is 0 Å². The van der Waals surface area contributed by atoms with Crippen molar-refractivity contribution < 1.29 is 4.79 Å². The van der Waals surface area contributed by atoms with Crippen LogP contribution in [0.2, 0.25) is 0 Å². The van der Waals surface area contributed by atoms with E-state index in [4.69, 9.17) is 0 Å². The number of thiazole rings is 1. The van der Waals surface area contributed by atoms with E-state index in [1.165, 1.54) is 11.3 Å². The molecular formula is C20H17N5OS. The van der Waals surface area contributed by atoms with Gasteiger partial charge in [-0.15, -0.1) is 11.3 Å². The minimum Gasteiger partial charge on any atom is -0.343 e. The molecule has 0 aliphatic rings. The van der Waals surface area contributed by atoms with Gasteiger partial charge in [-0.25, -0.2) is 9.67 Å². The van der Waals surface area contributed by atoms with Crippen LogP contribution in [0.4, 0.5) is 0 Å². The summed E-state index contributed by atoms with van der Waals surface area (Å²) < 4.78 is 1.79. The topological polar surface area (TPSA) is 72.7 Å². The zero-order valence-corrected chi connectivity index (χ0v) is 15.4. The van der Waals surface area contributed by atoms with Crippen molar-refractivity contribution in [3.8, 4) is 16.3 Å². The summed E-state index contributed by atoms with van der Waals surface area (Å²) in [7, 11) is 0. The average Bonchev–Trinajstić information content (AvgIpc) is 3.39. The van der Waals surface area contributed by atoms with Gasteiger partial charge < -0.3 is 5.32 Å². The molecule has 27 heavy (non-hydrogen) atoms. The summed E-state index contributed by atoms with van der Waals surface area (Å²) in [4.78, 5) is 21.2. The van der Waals surface area contributed by atoms with Crippen LogP contribution in [0.1, 0.15) is 29.1 Å². The summed E-state index contributed by atoms with van der Waals surface area (Å²) in [5.41, 5.74) is 3.05. The number of carbonyl (C=O) groups excluding carboxylic acids is 1. The van der Waals surface area contributed by atoms with Crippen molar-refractivity contribution in [3.63, 3.8) is 0 Å². The summed E-state index contributed by atoms with van der Waals surface area (Å²) in [6.07, 6.45) is 5.37. The highest BCUT2D eigenvalue weighted by molar-refractivity contribution is 7.13. The molecule has 0 saturated carbocycles. The molecule has 1 unspecified atom stereocenters. The smallest absolute Gasteiger partial charge is 0.271 e. The van der Waals surface area contributed by atoms with Gasteiger partial charge in [0.25, 0.3) is 5.91 Å². The average molecular weight is 375 g/mol. The van der Waals surface area contributed by atoms with Crippen molar-refractivity contribution in [2.45, 2.75) is 13.0 Å². The van der Waals surface area contributed by atoms with Crippen LogP contribution in [0.25, 0.3) is 16.3 Å². The number of amides is 1. The summed E-state index contributed by atoms with van der Waals surface area (Å²) in [5.74, 6) is -0.217. The Morgan fingerprint density at radius 3 is 2.74 bits per heavy atom. The number of para-hydroxylation sites is 1. The number of aromatic nitrogens is 4. The van der Waals surface area contributed by atoms with Gasteiger partial charge in [0.2, 0.25) is 0 Å². The molecule has 6 nitrogen and oxygen atoms in total. The molecule has 1 aromatic carbocycles. The first-order chi connectivity index (χ1) is 13.2. The maximum atomic E-state index is 12.5. The molecule has 4 aromatic rings. The first-order valence-corrected chi connectivity index (χ1v) is 9.36. The highest BCUT2D eigenvalue weighted by Crippen LogP contribution is 2.24. The van der Waals surface area contributed by atoms with Gasteiger partial charge in [-0.05, 0) is 31.2 Å². The number of carbonyl (C=O) groups is 1. The fourth-order valence-electron chi connectivity index (χ4n) is 2.64. The summed E-state index contributed by atoms with van der Waals surface area (Å²) >= 11 is 1.42. The Kier molecular flexibility index (Phi) is 4.76. The zero-order valence-electron chi connectivity index (χ0n) is 14.6. The minimum absolute atomic E-state index is 0.190. The largest absolute Gasteiger partial charge is 0.343 e. The van der Waals surface area contributed by atoms with Crippen LogP contribution in [0.15, 0.2) is 72.5 Å². The second kappa shape index (κ2) is 7.51. The normalized spacial score (nSPS) is 11.9. The molecular weight excluding hydrogens is 358 g/mol. The SMILES string of the molecule is CC(NC(=O)c1csc(-c2cnn(-c3ccccc3)c2)n1)c1ccccn1. The van der Waals surface area contributed by atoms with Crippen LogP contribution in [0.5, 0.6) is 0 Å². The Balaban J connectivity index is 1.49. The molecule has 3 aromatic heterocycles. The molecule has 4 rings (SSSR count). The van der Waals surface area contributed by atoms with E-state index in [-0.39, 0.29) is 11.9 Å². The highest BCUT2D eigenvalue weighted by atomic mass is 32.1. The van der Waals surface area contributed by atoms with Crippen LogP contribution < -0.4 is 5.32 Å². The van der Waals surface area contributed by atoms with Crippen LogP contribution in [0, 0.1) is 0 Å². The standard InChI is InChI=1S/C20H17N5OS/c1-14(17-9-5-6-10-21-17)23-19(26)18-13-27-20(24-18)15-11-22-25(12-15)16-7-3-2-4-8-16/h2-14H,1H3,(H,23,26). The first-order valence-electron chi connectivity index (χ1n) is 8.48. The van der Waals surface area contributed by atoms with Crippen molar-refractivity contribution >= 4 is 17.2 Å². The molecule has 3 heterocycles. The zero-order chi connectivity index (χ0) is 18.6. The lowest BCUT2D eigenvalue weighted by molar-refractivity contribution is 0.0935. The molecule has 0 radical (unpaired) electrons. The van der Waals surface area contributed by atoms with E-state index in [1.807, 2.05) is 61.7 Å². The fraction of sp³-hybridized carbons (Fsp3) is 0.100. The molecule has 0 spiro atoms. The van der Waals surface area contributed by atoms with Gasteiger partial charge in [0.15, 0.2) is 0 Å². The van der Waals surface area contributed by atoms with Crippen LogP contribution in [-0.4, -0.2) is 25.7 Å². The van der Waals surface area contributed by atoms with Crippen LogP contribution in [0.3, 0.4) is 0 Å². The number of nitrogens with one attached hydrogen (secondary N) is 1. The van der Waals surface area contributed by atoms with E-state index in [0.717, 1.165) is 22.0 Å². The van der Waals surface area contributed by atoms with Gasteiger partial charge in [-0.1, -0.05) is 24.3 Å². The number of rotatable bonds is 5. The van der Waals surface area contributed by atoms with Crippen molar-refractivity contribution in [1.82, 2.24) is 25.1 Å². The molecule has 1 N–H and O–H groups in total. The minimum atomic E-state index is -0.217. The quantitative estimate of drug-likeness (QED) is 0.574. The van der Waals surface area contributed by atoms with E-state index in [9.17, 15) is 4.79 Å². The monoisotopic (exact) mass is 375 g/mol. The van der Waals surface area contributed by atoms with Gasteiger partial charge in [0.1, 0.15) is 10.7 Å². The number of benzene rings is 1. The predicted octanol–water partition coefficient (Wildman–Crippen LogP) is 3.88. The lowest BCUT2D eigenvalue weighted by atomic mass is 10.2. The number of nitrogens with zero attached hydrogens (tertiary/aromatic N) is 4. The second-order valence-electron chi connectivity index (χ2n) is 6.00. The van der Waals surface area contributed by atoms with Gasteiger partial charge in [0.05, 0.1) is 23.6 Å². The van der Waals surface area contributed by atoms with E-state index in [1.54, 1.807) is 22.5 Å². The maximum Gasteiger partial charge on any atom is 0.271 e. The van der Waals surface area contributed by atoms with Crippen molar-refractivity contribution in [2.75, 3.05) is 0 Å². The molecule has 1 amide bonds. The number of hydrogen-bond acceptors (Lipinski definition) is 5. The van der Waals surface area contributed by atoms with E-state index < -0.39 is 0 Å². The van der Waals surface area contributed by atoms with Crippen molar-refractivity contribution in [2.24, 2.45) is 0 Å². The molecule has 0 aliphatic heterocycles. The molecule has 134 valence electrons. The number of pyridine rings is 1. The van der Waals surface area contributed by atoms with Crippen LogP contribution in [-0.2, 0) is 0 Å². The van der Waals surface area contributed by atoms with Crippen LogP contribution >= 0.6 is 11.3 Å². The Bertz CT molecular complexity index is 1040. The van der Waals surface area contributed by atoms with E-state index in [0.29, 0.717) is 5.69 Å². The lowest BCUT2D eigenvalue weighted by Crippen LogP contribution is -2.27. The lowest BCUT2D eigenvalue weighted by Gasteiger charge is -2.11. The highest BCUT2D eigenvalue weighted by Gasteiger charge is 2.16. The molecule has 0 aliphatic carbocycles. The first kappa shape index (κ1) is 17.1. The molecule has 0 saturated heterocycles. The molecule has 0 bridgehead atoms. The Morgan fingerprint density at radius 2 is 1.96 bits per heavy atom. The van der Waals surface area contributed by atoms with Gasteiger partial charge in [0, 0.05) is 23.3 Å². The summed E-state index contributed by atoms with van der Waals surface area (Å²) in [6.45, 7) is 1.90. The van der Waals surface area contributed by atoms with Crippen molar-refractivity contribution in [1.29, 1.82) is 0 Å². The molecule has 1 atom stereocenters. The summed E-state index contributed by atoms with van der Waals surface area (Å²) in [6, 6.07) is 15.3. The maximum absolute atomic E-state index is 12.5. The third-order valence-corrected chi connectivity index (χ3v) is 4.96. The fourth-order valence-corrected chi connectivity index (χ4v) is 3.42. The van der Waals surface area contributed by atoms with Gasteiger partial charge in [-0.2, -0.15) is 5.10 Å². The third kappa shape index (κ3) is 3.78. The van der Waals surface area contributed by atoms with E-state index >= 15 is 0 Å².